The first-order valence-electron chi connectivity index (χ1n) is 10.0. The first-order chi connectivity index (χ1) is 10.9. The van der Waals surface area contributed by atoms with Crippen LogP contribution in [0.3, 0.4) is 0 Å². The van der Waals surface area contributed by atoms with Gasteiger partial charge in [0.15, 0.2) is 0 Å². The Morgan fingerprint density at radius 3 is 1.92 bits per heavy atom. The normalized spacial score (nSPS) is 16.5. The summed E-state index contributed by atoms with van der Waals surface area (Å²) in [5.74, 6) is 1.10. The van der Waals surface area contributed by atoms with E-state index < -0.39 is 0 Å². The highest BCUT2D eigenvalue weighted by Gasteiger charge is 2.30. The summed E-state index contributed by atoms with van der Waals surface area (Å²) in [6, 6.07) is 0. The first-order valence-corrected chi connectivity index (χ1v) is 10.0. The van der Waals surface area contributed by atoms with Gasteiger partial charge in [-0.2, -0.15) is 0 Å². The molecule has 0 aromatic heterocycles. The first kappa shape index (κ1) is 23.5. The van der Waals surface area contributed by atoms with Crippen molar-refractivity contribution in [1.82, 2.24) is 0 Å². The predicted molar refractivity (Wildman–Crippen MR) is 105 cm³/mol. The van der Waals surface area contributed by atoms with Gasteiger partial charge in [0.25, 0.3) is 0 Å². The maximum Gasteiger partial charge on any atom is 0.309 e. The van der Waals surface area contributed by atoms with Crippen molar-refractivity contribution in [3.8, 4) is 0 Å². The third-order valence-electron chi connectivity index (χ3n) is 4.60. The molecule has 0 spiro atoms. The molecule has 2 heteroatoms. The minimum atomic E-state index is 0.0307. The van der Waals surface area contributed by atoms with E-state index in [0.29, 0.717) is 23.9 Å². The fourth-order valence-electron chi connectivity index (χ4n) is 3.78. The molecule has 0 aliphatic carbocycles. The summed E-state index contributed by atoms with van der Waals surface area (Å²) < 4.78 is 5.57. The lowest BCUT2D eigenvalue weighted by Crippen LogP contribution is -2.28. The van der Waals surface area contributed by atoms with Gasteiger partial charge >= 0.3 is 5.97 Å². The SMILES string of the molecule is CCCCOC(=O)C(CCC(C)CC(C)(C)C)C(C)CC(C)(C)C. The van der Waals surface area contributed by atoms with E-state index in [-0.39, 0.29) is 17.3 Å². The number of rotatable bonds is 10. The molecule has 0 fully saturated rings. The Labute approximate surface area is 152 Å². The number of hydrogen-bond donors (Lipinski definition) is 0. The van der Waals surface area contributed by atoms with E-state index in [9.17, 15) is 4.79 Å². The molecule has 0 heterocycles. The Kier molecular flexibility index (Phi) is 10.2. The van der Waals surface area contributed by atoms with Crippen LogP contribution in [0, 0.1) is 28.6 Å². The Bertz CT molecular complexity index is 346. The second kappa shape index (κ2) is 10.5. The molecule has 0 bridgehead atoms. The molecule has 0 saturated heterocycles. The van der Waals surface area contributed by atoms with Crippen LogP contribution in [0.15, 0.2) is 0 Å². The quantitative estimate of drug-likeness (QED) is 0.320. The highest BCUT2D eigenvalue weighted by molar-refractivity contribution is 5.72. The fourth-order valence-corrected chi connectivity index (χ4v) is 3.78. The monoisotopic (exact) mass is 340 g/mol. The summed E-state index contributed by atoms with van der Waals surface area (Å²) >= 11 is 0. The summed E-state index contributed by atoms with van der Waals surface area (Å²) in [6.45, 7) is 20.9. The number of carbonyl (C=O) groups is 1. The van der Waals surface area contributed by atoms with Crippen molar-refractivity contribution in [2.75, 3.05) is 6.61 Å². The molecule has 0 aromatic rings. The summed E-state index contributed by atoms with van der Waals surface area (Å²) in [4.78, 5) is 12.6. The number of unbranched alkanes of at least 4 members (excludes halogenated alkanes) is 1. The third kappa shape index (κ3) is 11.9. The topological polar surface area (TPSA) is 26.3 Å². The predicted octanol–water partition coefficient (Wildman–Crippen LogP) is 6.87. The molecular formula is C22H44O2. The lowest BCUT2D eigenvalue weighted by molar-refractivity contribution is -0.151. The Morgan fingerprint density at radius 1 is 0.917 bits per heavy atom. The smallest absolute Gasteiger partial charge is 0.309 e. The van der Waals surface area contributed by atoms with Crippen LogP contribution in [0.2, 0.25) is 0 Å². The van der Waals surface area contributed by atoms with Crippen LogP contribution in [0.4, 0.5) is 0 Å². The number of esters is 1. The molecule has 0 rings (SSSR count). The van der Waals surface area contributed by atoms with Crippen LogP contribution in [0.5, 0.6) is 0 Å². The highest BCUT2D eigenvalue weighted by atomic mass is 16.5. The van der Waals surface area contributed by atoms with Crippen molar-refractivity contribution in [2.45, 2.75) is 101 Å². The maximum atomic E-state index is 12.6. The van der Waals surface area contributed by atoms with Crippen LogP contribution < -0.4 is 0 Å². The molecule has 3 atom stereocenters. The molecule has 0 aromatic carbocycles. The zero-order chi connectivity index (χ0) is 19.0. The molecule has 144 valence electrons. The molecule has 24 heavy (non-hydrogen) atoms. The average Bonchev–Trinajstić information content (AvgIpc) is 2.34. The molecule has 0 saturated carbocycles. The van der Waals surface area contributed by atoms with E-state index in [1.54, 1.807) is 0 Å². The van der Waals surface area contributed by atoms with Gasteiger partial charge in [-0.25, -0.2) is 0 Å². The molecule has 2 nitrogen and oxygen atoms in total. The van der Waals surface area contributed by atoms with Gasteiger partial charge in [-0.1, -0.05) is 68.7 Å². The molecule has 0 N–H and O–H groups in total. The van der Waals surface area contributed by atoms with Crippen LogP contribution in [0.25, 0.3) is 0 Å². The molecule has 3 unspecified atom stereocenters. The van der Waals surface area contributed by atoms with Crippen molar-refractivity contribution in [3.63, 3.8) is 0 Å². The molecular weight excluding hydrogens is 296 g/mol. The summed E-state index contributed by atoms with van der Waals surface area (Å²) in [5.41, 5.74) is 0.603. The van der Waals surface area contributed by atoms with Crippen molar-refractivity contribution in [1.29, 1.82) is 0 Å². The number of ether oxygens (including phenoxy) is 1. The van der Waals surface area contributed by atoms with E-state index in [2.05, 4.69) is 62.3 Å². The molecule has 0 radical (unpaired) electrons. The molecule has 0 aliphatic rings. The number of carbonyl (C=O) groups excluding carboxylic acids is 1. The van der Waals surface area contributed by atoms with Crippen molar-refractivity contribution in [3.05, 3.63) is 0 Å². The summed E-state index contributed by atoms with van der Waals surface area (Å²) in [6.07, 6.45) is 6.37. The second-order valence-corrected chi connectivity index (χ2v) is 10.3. The lowest BCUT2D eigenvalue weighted by atomic mass is 9.76. The van der Waals surface area contributed by atoms with E-state index >= 15 is 0 Å². The minimum Gasteiger partial charge on any atom is -0.465 e. The Hall–Kier alpha value is -0.530. The van der Waals surface area contributed by atoms with E-state index in [1.165, 1.54) is 6.42 Å². The van der Waals surface area contributed by atoms with Crippen LogP contribution in [0.1, 0.15) is 101 Å². The fraction of sp³-hybridized carbons (Fsp3) is 0.955. The zero-order valence-electron chi connectivity index (χ0n) is 18.0. The van der Waals surface area contributed by atoms with Crippen molar-refractivity contribution < 1.29 is 9.53 Å². The molecule has 0 aliphatic heterocycles. The van der Waals surface area contributed by atoms with Gasteiger partial charge < -0.3 is 4.74 Å². The van der Waals surface area contributed by atoms with Gasteiger partial charge in [-0.05, 0) is 54.8 Å². The highest BCUT2D eigenvalue weighted by Crippen LogP contribution is 2.34. The van der Waals surface area contributed by atoms with Crippen LogP contribution in [-0.2, 0) is 9.53 Å². The molecule has 0 amide bonds. The van der Waals surface area contributed by atoms with Gasteiger partial charge in [0.1, 0.15) is 0 Å². The van der Waals surface area contributed by atoms with Gasteiger partial charge in [0, 0.05) is 0 Å². The van der Waals surface area contributed by atoms with Gasteiger partial charge in [0.05, 0.1) is 12.5 Å². The van der Waals surface area contributed by atoms with Crippen molar-refractivity contribution >= 4 is 5.97 Å². The van der Waals surface area contributed by atoms with E-state index in [1.807, 2.05) is 0 Å². The van der Waals surface area contributed by atoms with Gasteiger partial charge in [0.2, 0.25) is 0 Å². The Balaban J connectivity index is 4.76. The van der Waals surface area contributed by atoms with Crippen LogP contribution in [-0.4, -0.2) is 12.6 Å². The zero-order valence-corrected chi connectivity index (χ0v) is 18.0. The standard InChI is InChI=1S/C22H44O2/c1-10-11-14-24-20(23)19(18(3)16-22(7,8)9)13-12-17(2)15-21(4,5)6/h17-19H,10-16H2,1-9H3. The lowest BCUT2D eigenvalue weighted by Gasteiger charge is -2.30. The van der Waals surface area contributed by atoms with E-state index in [4.69, 9.17) is 4.74 Å². The summed E-state index contributed by atoms with van der Waals surface area (Å²) in [7, 11) is 0. The third-order valence-corrected chi connectivity index (χ3v) is 4.60. The van der Waals surface area contributed by atoms with Crippen LogP contribution >= 0.6 is 0 Å². The number of hydrogen-bond acceptors (Lipinski definition) is 2. The summed E-state index contributed by atoms with van der Waals surface area (Å²) in [5, 5.41) is 0. The van der Waals surface area contributed by atoms with Gasteiger partial charge in [-0.15, -0.1) is 0 Å². The van der Waals surface area contributed by atoms with Gasteiger partial charge in [-0.3, -0.25) is 4.79 Å². The van der Waals surface area contributed by atoms with Crippen molar-refractivity contribution in [2.24, 2.45) is 28.6 Å². The average molecular weight is 341 g/mol. The minimum absolute atomic E-state index is 0.0307. The van der Waals surface area contributed by atoms with E-state index in [0.717, 1.165) is 32.1 Å². The maximum absolute atomic E-state index is 12.6. The second-order valence-electron chi connectivity index (χ2n) is 10.3. The Morgan fingerprint density at radius 2 is 1.46 bits per heavy atom. The largest absolute Gasteiger partial charge is 0.465 e.